The third-order valence-electron chi connectivity index (χ3n) is 4.76. The lowest BCUT2D eigenvalue weighted by Gasteiger charge is -2.33. The molecule has 21 heavy (non-hydrogen) atoms. The molecule has 0 saturated heterocycles. The highest BCUT2D eigenvalue weighted by Crippen LogP contribution is 2.42. The highest BCUT2D eigenvalue weighted by Gasteiger charge is 2.32. The first-order valence-electron chi connectivity index (χ1n) is 7.58. The van der Waals surface area contributed by atoms with Crippen molar-refractivity contribution < 1.29 is 9.50 Å². The molecular weight excluding hydrogens is 263 g/mol. The summed E-state index contributed by atoms with van der Waals surface area (Å²) in [6.45, 7) is 3.49. The van der Waals surface area contributed by atoms with Gasteiger partial charge in [0.15, 0.2) is 0 Å². The van der Waals surface area contributed by atoms with Crippen LogP contribution in [0.5, 0.6) is 0 Å². The molecule has 2 aromatic rings. The van der Waals surface area contributed by atoms with E-state index in [2.05, 4.69) is 6.07 Å². The normalized spacial score (nSPS) is 18.1. The van der Waals surface area contributed by atoms with Crippen molar-refractivity contribution in [3.63, 3.8) is 0 Å². The number of hydrogen-bond acceptors (Lipinski definition) is 1. The van der Waals surface area contributed by atoms with Crippen LogP contribution in [-0.2, 0) is 5.60 Å². The van der Waals surface area contributed by atoms with Crippen molar-refractivity contribution in [1.82, 2.24) is 0 Å². The van der Waals surface area contributed by atoms with Crippen LogP contribution in [0.15, 0.2) is 42.5 Å². The maximum atomic E-state index is 13.9. The summed E-state index contributed by atoms with van der Waals surface area (Å²) in [7, 11) is 0. The zero-order valence-corrected chi connectivity index (χ0v) is 12.6. The molecule has 0 aliphatic heterocycles. The fourth-order valence-electron chi connectivity index (χ4n) is 3.07. The van der Waals surface area contributed by atoms with Crippen LogP contribution < -0.4 is 0 Å². The second-order valence-electron chi connectivity index (χ2n) is 6.25. The first-order chi connectivity index (χ1) is 10.00. The van der Waals surface area contributed by atoms with Crippen LogP contribution in [0.2, 0.25) is 0 Å². The molecule has 2 aromatic carbocycles. The fraction of sp³-hybridized carbons (Fsp3) is 0.368. The maximum absolute atomic E-state index is 13.9. The Morgan fingerprint density at radius 1 is 1.14 bits per heavy atom. The molecule has 0 heterocycles. The largest absolute Gasteiger partial charge is 0.381 e. The van der Waals surface area contributed by atoms with Crippen LogP contribution in [-0.4, -0.2) is 5.11 Å². The first-order valence-corrected chi connectivity index (χ1v) is 7.58. The molecule has 0 aromatic heterocycles. The van der Waals surface area contributed by atoms with Gasteiger partial charge in [-0.15, -0.1) is 0 Å². The van der Waals surface area contributed by atoms with Crippen molar-refractivity contribution in [2.75, 3.05) is 0 Å². The standard InChI is InChI=1S/C19H21FO/c1-13-10-11-15(12-18(13)20)19(2,21)17-9-4-3-8-16(17)14-6-5-7-14/h3-4,8-12,14,21H,5-7H2,1-2H3. The van der Waals surface area contributed by atoms with Gasteiger partial charge in [0.1, 0.15) is 11.4 Å². The van der Waals surface area contributed by atoms with Gasteiger partial charge in [0.2, 0.25) is 0 Å². The Kier molecular flexibility index (Phi) is 3.58. The maximum Gasteiger partial charge on any atom is 0.126 e. The van der Waals surface area contributed by atoms with Crippen molar-refractivity contribution in [3.05, 3.63) is 70.5 Å². The Labute approximate surface area is 125 Å². The molecule has 1 aliphatic carbocycles. The average molecular weight is 284 g/mol. The summed E-state index contributed by atoms with van der Waals surface area (Å²) < 4.78 is 13.9. The second-order valence-corrected chi connectivity index (χ2v) is 6.25. The third-order valence-corrected chi connectivity index (χ3v) is 4.76. The van der Waals surface area contributed by atoms with Gasteiger partial charge in [0.25, 0.3) is 0 Å². The van der Waals surface area contributed by atoms with Gasteiger partial charge in [-0.05, 0) is 60.9 Å². The number of halogens is 1. The summed E-state index contributed by atoms with van der Waals surface area (Å²) in [5.74, 6) is 0.261. The lowest BCUT2D eigenvalue weighted by molar-refractivity contribution is 0.0997. The van der Waals surface area contributed by atoms with Crippen LogP contribution in [0.4, 0.5) is 4.39 Å². The smallest absolute Gasteiger partial charge is 0.126 e. The van der Waals surface area contributed by atoms with Gasteiger partial charge in [-0.1, -0.05) is 42.8 Å². The van der Waals surface area contributed by atoms with E-state index >= 15 is 0 Å². The van der Waals surface area contributed by atoms with Crippen LogP contribution in [0.3, 0.4) is 0 Å². The first kappa shape index (κ1) is 14.3. The van der Waals surface area contributed by atoms with Gasteiger partial charge in [-0.3, -0.25) is 0 Å². The Morgan fingerprint density at radius 2 is 1.86 bits per heavy atom. The van der Waals surface area contributed by atoms with Crippen LogP contribution in [0, 0.1) is 12.7 Å². The van der Waals surface area contributed by atoms with Crippen molar-refractivity contribution >= 4 is 0 Å². The molecule has 1 nitrogen and oxygen atoms in total. The second kappa shape index (κ2) is 5.27. The lowest BCUT2D eigenvalue weighted by Crippen LogP contribution is -2.26. The van der Waals surface area contributed by atoms with E-state index in [1.165, 1.54) is 30.9 Å². The summed E-state index contributed by atoms with van der Waals surface area (Å²) in [6.07, 6.45) is 3.60. The Hall–Kier alpha value is -1.67. The van der Waals surface area contributed by atoms with E-state index in [-0.39, 0.29) is 5.82 Å². The summed E-state index contributed by atoms with van der Waals surface area (Å²) in [5.41, 5.74) is 2.15. The fourth-order valence-corrected chi connectivity index (χ4v) is 3.07. The molecule has 0 amide bonds. The Morgan fingerprint density at radius 3 is 2.48 bits per heavy atom. The predicted octanol–water partition coefficient (Wildman–Crippen LogP) is 4.66. The van der Waals surface area contributed by atoms with Crippen molar-refractivity contribution in [2.24, 2.45) is 0 Å². The van der Waals surface area contributed by atoms with Crippen LogP contribution >= 0.6 is 0 Å². The number of rotatable bonds is 3. The molecule has 1 fully saturated rings. The van der Waals surface area contributed by atoms with Crippen molar-refractivity contribution in [1.29, 1.82) is 0 Å². The van der Waals surface area contributed by atoms with E-state index in [1.807, 2.05) is 24.3 Å². The Balaban J connectivity index is 2.07. The zero-order chi connectivity index (χ0) is 15.0. The summed E-state index contributed by atoms with van der Waals surface area (Å²) in [6, 6.07) is 13.0. The van der Waals surface area contributed by atoms with Crippen molar-refractivity contribution in [3.8, 4) is 0 Å². The minimum atomic E-state index is -1.17. The van der Waals surface area contributed by atoms with E-state index in [0.29, 0.717) is 17.0 Å². The minimum Gasteiger partial charge on any atom is -0.381 e. The summed E-state index contributed by atoms with van der Waals surface area (Å²) in [5, 5.41) is 11.1. The molecule has 0 radical (unpaired) electrons. The number of hydrogen-bond donors (Lipinski definition) is 1. The van der Waals surface area contributed by atoms with Crippen LogP contribution in [0.25, 0.3) is 0 Å². The summed E-state index contributed by atoms with van der Waals surface area (Å²) in [4.78, 5) is 0. The highest BCUT2D eigenvalue weighted by molar-refractivity contribution is 5.43. The van der Waals surface area contributed by atoms with Gasteiger partial charge in [-0.2, -0.15) is 0 Å². The molecule has 2 heteroatoms. The van der Waals surface area contributed by atoms with Gasteiger partial charge in [0, 0.05) is 0 Å². The van der Waals surface area contributed by atoms with Gasteiger partial charge in [0.05, 0.1) is 0 Å². The molecule has 1 N–H and O–H groups in total. The summed E-state index contributed by atoms with van der Waals surface area (Å²) >= 11 is 0. The third kappa shape index (κ3) is 2.49. The number of benzene rings is 2. The highest BCUT2D eigenvalue weighted by atomic mass is 19.1. The topological polar surface area (TPSA) is 20.2 Å². The lowest BCUT2D eigenvalue weighted by atomic mass is 9.74. The van der Waals surface area contributed by atoms with Gasteiger partial charge in [-0.25, -0.2) is 4.39 Å². The number of aryl methyl sites for hydroxylation is 1. The quantitative estimate of drug-likeness (QED) is 0.869. The predicted molar refractivity (Wildman–Crippen MR) is 82.8 cm³/mol. The Bertz CT molecular complexity index is 656. The molecule has 0 bridgehead atoms. The monoisotopic (exact) mass is 284 g/mol. The molecule has 0 spiro atoms. The number of aliphatic hydroxyl groups is 1. The zero-order valence-electron chi connectivity index (χ0n) is 12.6. The molecule has 1 atom stereocenters. The van der Waals surface area contributed by atoms with Gasteiger partial charge >= 0.3 is 0 Å². The van der Waals surface area contributed by atoms with E-state index in [0.717, 1.165) is 5.56 Å². The van der Waals surface area contributed by atoms with E-state index in [9.17, 15) is 9.50 Å². The molecule has 1 saturated carbocycles. The van der Waals surface area contributed by atoms with Gasteiger partial charge < -0.3 is 5.11 Å². The molecule has 110 valence electrons. The van der Waals surface area contributed by atoms with E-state index < -0.39 is 5.60 Å². The van der Waals surface area contributed by atoms with Crippen LogP contribution in [0.1, 0.15) is 54.4 Å². The van der Waals surface area contributed by atoms with E-state index in [1.54, 1.807) is 19.9 Å². The van der Waals surface area contributed by atoms with Crippen molar-refractivity contribution in [2.45, 2.75) is 44.6 Å². The molecule has 3 rings (SSSR count). The molecule has 1 aliphatic rings. The molecule has 1 unspecified atom stereocenters. The SMILES string of the molecule is Cc1ccc(C(C)(O)c2ccccc2C2CCC2)cc1F. The average Bonchev–Trinajstić information content (AvgIpc) is 2.40. The molecular formula is C19H21FO. The minimum absolute atomic E-state index is 0.270. The van der Waals surface area contributed by atoms with E-state index in [4.69, 9.17) is 0 Å².